The standard InChI is InChI=1S/C10H16N4O3/c1-4-8(10(16)17)13(3)9(15)7(2)14-6-11-5-12-14/h5-8H,4H2,1-3H3,(H,16,17). The molecule has 17 heavy (non-hydrogen) atoms. The summed E-state index contributed by atoms with van der Waals surface area (Å²) in [6, 6.07) is -1.37. The molecule has 0 aliphatic carbocycles. The van der Waals surface area contributed by atoms with Gasteiger partial charge in [0.1, 0.15) is 24.7 Å². The maximum absolute atomic E-state index is 12.0. The van der Waals surface area contributed by atoms with Gasteiger partial charge in [0.25, 0.3) is 0 Å². The lowest BCUT2D eigenvalue weighted by Gasteiger charge is -2.26. The molecule has 1 amide bonds. The van der Waals surface area contributed by atoms with E-state index in [2.05, 4.69) is 10.1 Å². The molecule has 1 aromatic rings. The van der Waals surface area contributed by atoms with E-state index in [1.165, 1.54) is 29.3 Å². The molecule has 7 heteroatoms. The van der Waals surface area contributed by atoms with E-state index in [0.29, 0.717) is 6.42 Å². The van der Waals surface area contributed by atoms with Gasteiger partial charge >= 0.3 is 5.97 Å². The van der Waals surface area contributed by atoms with Crippen LogP contribution in [0.15, 0.2) is 12.7 Å². The third-order valence-corrected chi connectivity index (χ3v) is 2.68. The Labute approximate surface area is 99.1 Å². The second-order valence-corrected chi connectivity index (χ2v) is 3.76. The monoisotopic (exact) mass is 240 g/mol. The highest BCUT2D eigenvalue weighted by Crippen LogP contribution is 2.11. The second-order valence-electron chi connectivity index (χ2n) is 3.76. The Bertz CT molecular complexity index is 390. The topological polar surface area (TPSA) is 88.3 Å². The second kappa shape index (κ2) is 5.42. The Kier molecular flexibility index (Phi) is 4.19. The van der Waals surface area contributed by atoms with Crippen molar-refractivity contribution in [2.75, 3.05) is 7.05 Å². The van der Waals surface area contributed by atoms with E-state index < -0.39 is 18.1 Å². The minimum Gasteiger partial charge on any atom is -0.480 e. The first-order valence-corrected chi connectivity index (χ1v) is 5.32. The number of aliphatic carboxylic acids is 1. The lowest BCUT2D eigenvalue weighted by molar-refractivity contribution is -0.150. The smallest absolute Gasteiger partial charge is 0.326 e. The van der Waals surface area contributed by atoms with Crippen molar-refractivity contribution in [3.05, 3.63) is 12.7 Å². The fourth-order valence-electron chi connectivity index (χ4n) is 1.59. The number of carboxylic acid groups (broad SMARTS) is 1. The van der Waals surface area contributed by atoms with Crippen molar-refractivity contribution in [2.45, 2.75) is 32.4 Å². The van der Waals surface area contributed by atoms with E-state index in [1.807, 2.05) is 0 Å². The van der Waals surface area contributed by atoms with Crippen LogP contribution in [0.2, 0.25) is 0 Å². The van der Waals surface area contributed by atoms with Crippen LogP contribution in [-0.2, 0) is 9.59 Å². The van der Waals surface area contributed by atoms with Crippen LogP contribution < -0.4 is 0 Å². The van der Waals surface area contributed by atoms with E-state index >= 15 is 0 Å². The summed E-state index contributed by atoms with van der Waals surface area (Å²) in [6.07, 6.45) is 3.12. The largest absolute Gasteiger partial charge is 0.480 e. The maximum atomic E-state index is 12.0. The number of carboxylic acids is 1. The van der Waals surface area contributed by atoms with Gasteiger partial charge in [-0.3, -0.25) is 4.79 Å². The van der Waals surface area contributed by atoms with Crippen LogP contribution in [0.3, 0.4) is 0 Å². The summed E-state index contributed by atoms with van der Waals surface area (Å²) < 4.78 is 1.40. The van der Waals surface area contributed by atoms with E-state index in [-0.39, 0.29) is 5.91 Å². The van der Waals surface area contributed by atoms with Crippen LogP contribution >= 0.6 is 0 Å². The first-order chi connectivity index (χ1) is 7.99. The van der Waals surface area contributed by atoms with E-state index in [9.17, 15) is 9.59 Å². The van der Waals surface area contributed by atoms with Crippen molar-refractivity contribution in [3.63, 3.8) is 0 Å². The molecule has 0 radical (unpaired) electrons. The normalized spacial score (nSPS) is 14.1. The molecule has 0 fully saturated rings. The van der Waals surface area contributed by atoms with Crippen molar-refractivity contribution >= 4 is 11.9 Å². The van der Waals surface area contributed by atoms with Crippen molar-refractivity contribution in [1.82, 2.24) is 19.7 Å². The molecule has 0 saturated carbocycles. The summed E-state index contributed by atoms with van der Waals surface area (Å²) in [5.74, 6) is -1.31. The van der Waals surface area contributed by atoms with Gasteiger partial charge in [-0.25, -0.2) is 14.5 Å². The van der Waals surface area contributed by atoms with E-state index in [0.717, 1.165) is 0 Å². The van der Waals surface area contributed by atoms with E-state index in [4.69, 9.17) is 5.11 Å². The van der Waals surface area contributed by atoms with Crippen molar-refractivity contribution < 1.29 is 14.7 Å². The molecule has 1 aromatic heterocycles. The number of rotatable bonds is 5. The van der Waals surface area contributed by atoms with Gasteiger partial charge in [-0.05, 0) is 13.3 Å². The molecule has 0 spiro atoms. The number of carbonyl (C=O) groups is 2. The van der Waals surface area contributed by atoms with Crippen molar-refractivity contribution in [2.24, 2.45) is 0 Å². The molecular formula is C10H16N4O3. The summed E-state index contributed by atoms with van der Waals surface area (Å²) in [4.78, 5) is 28.0. The Morgan fingerprint density at radius 2 is 2.18 bits per heavy atom. The summed E-state index contributed by atoms with van der Waals surface area (Å²) in [6.45, 7) is 3.38. The van der Waals surface area contributed by atoms with E-state index in [1.54, 1.807) is 13.8 Å². The van der Waals surface area contributed by atoms with Gasteiger partial charge in [0.2, 0.25) is 5.91 Å². The molecule has 1 N–H and O–H groups in total. The molecule has 2 atom stereocenters. The Hall–Kier alpha value is -1.92. The highest BCUT2D eigenvalue weighted by atomic mass is 16.4. The summed E-state index contributed by atoms with van der Waals surface area (Å²) in [7, 11) is 1.48. The van der Waals surface area contributed by atoms with Gasteiger partial charge < -0.3 is 10.0 Å². The lowest BCUT2D eigenvalue weighted by Crippen LogP contribution is -2.44. The summed E-state index contributed by atoms with van der Waals surface area (Å²) in [5.41, 5.74) is 0. The Balaban J connectivity index is 2.79. The fourth-order valence-corrected chi connectivity index (χ4v) is 1.59. The van der Waals surface area contributed by atoms with Crippen LogP contribution in [-0.4, -0.2) is 49.7 Å². The number of hydrogen-bond donors (Lipinski definition) is 1. The van der Waals surface area contributed by atoms with Gasteiger partial charge in [0, 0.05) is 7.05 Å². The van der Waals surface area contributed by atoms with Crippen LogP contribution in [0.25, 0.3) is 0 Å². The SMILES string of the molecule is CCC(C(=O)O)N(C)C(=O)C(C)n1cncn1. The molecular weight excluding hydrogens is 224 g/mol. The first-order valence-electron chi connectivity index (χ1n) is 5.32. The summed E-state index contributed by atoms with van der Waals surface area (Å²) >= 11 is 0. The maximum Gasteiger partial charge on any atom is 0.326 e. The van der Waals surface area contributed by atoms with Gasteiger partial charge in [-0.1, -0.05) is 6.92 Å². The molecule has 0 saturated heterocycles. The lowest BCUT2D eigenvalue weighted by atomic mass is 10.2. The predicted molar refractivity (Wildman–Crippen MR) is 59.2 cm³/mol. The zero-order valence-corrected chi connectivity index (χ0v) is 10.1. The average Bonchev–Trinajstić information content (AvgIpc) is 2.80. The van der Waals surface area contributed by atoms with Gasteiger partial charge in [0.15, 0.2) is 0 Å². The Morgan fingerprint density at radius 1 is 1.53 bits per heavy atom. The molecule has 0 aliphatic rings. The number of hydrogen-bond acceptors (Lipinski definition) is 4. The molecule has 1 heterocycles. The third-order valence-electron chi connectivity index (χ3n) is 2.68. The number of amides is 1. The van der Waals surface area contributed by atoms with Gasteiger partial charge in [-0.15, -0.1) is 0 Å². The minimum absolute atomic E-state index is 0.301. The molecule has 0 bridgehead atoms. The number of aromatic nitrogens is 3. The number of nitrogens with zero attached hydrogens (tertiary/aromatic N) is 4. The molecule has 2 unspecified atom stereocenters. The van der Waals surface area contributed by atoms with Gasteiger partial charge in [-0.2, -0.15) is 5.10 Å². The minimum atomic E-state index is -1.01. The van der Waals surface area contributed by atoms with Crippen LogP contribution in [0.5, 0.6) is 0 Å². The summed E-state index contributed by atoms with van der Waals surface area (Å²) in [5, 5.41) is 12.8. The molecule has 7 nitrogen and oxygen atoms in total. The highest BCUT2D eigenvalue weighted by Gasteiger charge is 2.28. The molecule has 0 aliphatic heterocycles. The molecule has 1 rings (SSSR count). The first kappa shape index (κ1) is 13.1. The molecule has 94 valence electrons. The van der Waals surface area contributed by atoms with Crippen molar-refractivity contribution in [1.29, 1.82) is 0 Å². The fraction of sp³-hybridized carbons (Fsp3) is 0.600. The van der Waals surface area contributed by atoms with Crippen molar-refractivity contribution in [3.8, 4) is 0 Å². The quantitative estimate of drug-likeness (QED) is 0.792. The third kappa shape index (κ3) is 2.80. The number of carbonyl (C=O) groups excluding carboxylic acids is 1. The Morgan fingerprint density at radius 3 is 2.59 bits per heavy atom. The van der Waals surface area contributed by atoms with Crippen LogP contribution in [0.1, 0.15) is 26.3 Å². The zero-order chi connectivity index (χ0) is 13.0. The van der Waals surface area contributed by atoms with Gasteiger partial charge in [0.05, 0.1) is 0 Å². The van der Waals surface area contributed by atoms with Crippen LogP contribution in [0, 0.1) is 0 Å². The average molecular weight is 240 g/mol. The zero-order valence-electron chi connectivity index (χ0n) is 10.1. The highest BCUT2D eigenvalue weighted by molar-refractivity contribution is 5.85. The predicted octanol–water partition coefficient (Wildman–Crippen LogP) is 0.161. The molecule has 0 aromatic carbocycles. The van der Waals surface area contributed by atoms with Crippen LogP contribution in [0.4, 0.5) is 0 Å². The number of likely N-dealkylation sites (N-methyl/N-ethyl adjacent to an activating group) is 1.